The number of hydrogen-bond acceptors (Lipinski definition) is 3. The summed E-state index contributed by atoms with van der Waals surface area (Å²) in [5.41, 5.74) is 9.05. The summed E-state index contributed by atoms with van der Waals surface area (Å²) in [5.74, 6) is -0.343. The summed E-state index contributed by atoms with van der Waals surface area (Å²) in [6.45, 7) is 4.41. The SMILES string of the molecule is CC.NC1=CCN=C(c2[c-]cccc2F)c2ccncc21.[U]. The van der Waals surface area contributed by atoms with E-state index in [1.165, 1.54) is 6.07 Å². The Bertz CT molecular complexity index is 696. The van der Waals surface area contributed by atoms with Crippen LogP contribution in [0.4, 0.5) is 4.39 Å². The van der Waals surface area contributed by atoms with Gasteiger partial charge < -0.3 is 10.7 Å². The molecule has 1 aromatic heterocycles. The summed E-state index contributed by atoms with van der Waals surface area (Å²) < 4.78 is 13.9. The number of rotatable bonds is 1. The van der Waals surface area contributed by atoms with Crippen LogP contribution in [0.1, 0.15) is 30.5 Å². The van der Waals surface area contributed by atoms with Crippen LogP contribution in [0.15, 0.2) is 47.7 Å². The molecule has 0 fully saturated rings. The summed E-state index contributed by atoms with van der Waals surface area (Å²) in [6, 6.07) is 9.37. The number of halogens is 1. The van der Waals surface area contributed by atoms with Crippen LogP contribution in [-0.2, 0) is 0 Å². The molecule has 3 rings (SSSR count). The van der Waals surface area contributed by atoms with Gasteiger partial charge in [-0.3, -0.25) is 9.37 Å². The quantitative estimate of drug-likeness (QED) is 0.588. The molecule has 0 spiro atoms. The van der Waals surface area contributed by atoms with Gasteiger partial charge in [0.2, 0.25) is 0 Å². The maximum absolute atomic E-state index is 13.9. The molecule has 0 radical (unpaired) electrons. The second-order valence-corrected chi connectivity index (χ2v) is 4.16. The third-order valence-corrected chi connectivity index (χ3v) is 2.99. The molecule has 0 aliphatic carbocycles. The smallest absolute Gasteiger partial charge is 0.0493 e. The van der Waals surface area contributed by atoms with E-state index in [-0.39, 0.29) is 36.9 Å². The molecule has 2 aromatic rings. The van der Waals surface area contributed by atoms with Crippen molar-refractivity contribution in [1.82, 2.24) is 4.98 Å². The van der Waals surface area contributed by atoms with Crippen LogP contribution < -0.4 is 5.73 Å². The molecule has 0 amide bonds. The maximum atomic E-state index is 13.9. The average Bonchev–Trinajstić information content (AvgIpc) is 2.70. The van der Waals surface area contributed by atoms with Gasteiger partial charge in [0.25, 0.3) is 0 Å². The van der Waals surface area contributed by atoms with Gasteiger partial charge in [0.1, 0.15) is 0 Å². The first-order valence-electron chi connectivity index (χ1n) is 6.89. The summed E-state index contributed by atoms with van der Waals surface area (Å²) in [5, 5.41) is 0. The van der Waals surface area contributed by atoms with Gasteiger partial charge in [-0.25, -0.2) is 0 Å². The van der Waals surface area contributed by atoms with E-state index in [2.05, 4.69) is 16.0 Å². The van der Waals surface area contributed by atoms with E-state index >= 15 is 0 Å². The van der Waals surface area contributed by atoms with Crippen molar-refractivity contribution in [2.45, 2.75) is 13.8 Å². The molecule has 112 valence electrons. The Kier molecular flexibility index (Phi) is 7.51. The summed E-state index contributed by atoms with van der Waals surface area (Å²) >= 11 is 0. The Labute approximate surface area is 153 Å². The number of hydrogen-bond donors (Lipinski definition) is 1. The minimum absolute atomic E-state index is 0. The van der Waals surface area contributed by atoms with Crippen LogP contribution in [0.25, 0.3) is 5.70 Å². The predicted molar refractivity (Wildman–Crippen MR) is 83.5 cm³/mol. The fourth-order valence-electron chi connectivity index (χ4n) is 2.07. The van der Waals surface area contributed by atoms with Gasteiger partial charge in [0.15, 0.2) is 0 Å². The molecule has 5 heteroatoms. The van der Waals surface area contributed by atoms with Crippen molar-refractivity contribution in [2.75, 3.05) is 6.54 Å². The normalized spacial score (nSPS) is 12.5. The van der Waals surface area contributed by atoms with E-state index in [1.807, 2.05) is 13.8 Å². The number of pyridine rings is 1. The van der Waals surface area contributed by atoms with E-state index in [0.717, 1.165) is 11.1 Å². The molecule has 2 N–H and O–H groups in total. The monoisotopic (exact) mass is 520 g/mol. The van der Waals surface area contributed by atoms with E-state index in [4.69, 9.17) is 5.73 Å². The van der Waals surface area contributed by atoms with Crippen molar-refractivity contribution in [2.24, 2.45) is 10.7 Å². The number of nitrogens with two attached hydrogens (primary N) is 1. The molecule has 0 unspecified atom stereocenters. The van der Waals surface area contributed by atoms with Gasteiger partial charge in [-0.15, -0.1) is 24.3 Å². The zero-order valence-corrected chi connectivity index (χ0v) is 16.8. The number of aliphatic imine (C=N–C) groups is 1. The Morgan fingerprint density at radius 3 is 2.73 bits per heavy atom. The van der Waals surface area contributed by atoms with Crippen molar-refractivity contribution >= 4 is 11.4 Å². The maximum Gasteiger partial charge on any atom is 0.0493 e. The average molecular weight is 520 g/mol. The summed E-state index contributed by atoms with van der Waals surface area (Å²) in [7, 11) is 0. The minimum Gasteiger partial charge on any atom is -0.398 e. The predicted octanol–water partition coefficient (Wildman–Crippen LogP) is 3.20. The number of fused-ring (bicyclic) bond motifs is 1. The second kappa shape index (κ2) is 8.87. The fourth-order valence-corrected chi connectivity index (χ4v) is 2.07. The van der Waals surface area contributed by atoms with Crippen LogP contribution >= 0.6 is 0 Å². The van der Waals surface area contributed by atoms with Crippen molar-refractivity contribution in [3.8, 4) is 0 Å². The third kappa shape index (κ3) is 3.85. The molecular weight excluding hydrogens is 503 g/mol. The van der Waals surface area contributed by atoms with Gasteiger partial charge in [-0.2, -0.15) is 0 Å². The van der Waals surface area contributed by atoms with E-state index in [0.29, 0.717) is 23.5 Å². The first-order valence-corrected chi connectivity index (χ1v) is 6.89. The molecule has 0 saturated heterocycles. The van der Waals surface area contributed by atoms with E-state index in [9.17, 15) is 4.39 Å². The fraction of sp³-hybridized carbons (Fsp3) is 0.176. The van der Waals surface area contributed by atoms with Gasteiger partial charge in [-0.1, -0.05) is 19.4 Å². The van der Waals surface area contributed by atoms with Crippen molar-refractivity contribution in [3.05, 3.63) is 71.3 Å². The summed E-state index contributed by atoms with van der Waals surface area (Å²) in [4.78, 5) is 8.47. The number of aromatic nitrogens is 1. The van der Waals surface area contributed by atoms with Gasteiger partial charge in [-0.05, 0) is 23.4 Å². The third-order valence-electron chi connectivity index (χ3n) is 2.99. The van der Waals surface area contributed by atoms with Crippen molar-refractivity contribution < 1.29 is 35.5 Å². The molecular formula is C17H17FN3U-. The van der Waals surface area contributed by atoms with E-state index in [1.54, 1.807) is 36.7 Å². The minimum atomic E-state index is -0.343. The number of benzene rings is 1. The molecule has 0 atom stereocenters. The Balaban J connectivity index is 0.000000775. The van der Waals surface area contributed by atoms with Crippen molar-refractivity contribution in [3.63, 3.8) is 0 Å². The van der Waals surface area contributed by atoms with Gasteiger partial charge in [0.05, 0.1) is 0 Å². The topological polar surface area (TPSA) is 51.3 Å². The molecule has 1 aliphatic rings. The first-order chi connectivity index (χ1) is 10.3. The second-order valence-electron chi connectivity index (χ2n) is 4.16. The molecule has 22 heavy (non-hydrogen) atoms. The zero-order valence-electron chi connectivity index (χ0n) is 12.6. The van der Waals surface area contributed by atoms with Crippen LogP contribution in [-0.4, -0.2) is 17.2 Å². The number of nitrogens with zero attached hydrogens (tertiary/aromatic N) is 2. The molecule has 1 aliphatic heterocycles. The molecule has 3 nitrogen and oxygen atoms in total. The zero-order chi connectivity index (χ0) is 15.2. The first kappa shape index (κ1) is 18.6. The van der Waals surface area contributed by atoms with Crippen LogP contribution in [0.5, 0.6) is 0 Å². The molecule has 2 heterocycles. The largest absolute Gasteiger partial charge is 0.398 e. The van der Waals surface area contributed by atoms with Crippen molar-refractivity contribution in [1.29, 1.82) is 0 Å². The van der Waals surface area contributed by atoms with Crippen LogP contribution in [0, 0.1) is 43.0 Å². The van der Waals surface area contributed by atoms with E-state index < -0.39 is 0 Å². The Morgan fingerprint density at radius 2 is 2.00 bits per heavy atom. The Hall–Kier alpha value is -1.44. The summed E-state index contributed by atoms with van der Waals surface area (Å²) in [6.07, 6.45) is 5.12. The van der Waals surface area contributed by atoms with Gasteiger partial charge in [0, 0.05) is 67.1 Å². The molecule has 1 aromatic carbocycles. The van der Waals surface area contributed by atoms with Crippen LogP contribution in [0.3, 0.4) is 0 Å². The van der Waals surface area contributed by atoms with Gasteiger partial charge >= 0.3 is 0 Å². The Morgan fingerprint density at radius 1 is 1.23 bits per heavy atom. The molecule has 0 bridgehead atoms. The standard InChI is InChI=1S/C15H11FN3.C2H6.U/c16-13-4-2-1-3-11(13)15-10-5-7-18-9-12(10)14(17)6-8-19-15;1-2;/h1-2,4-7,9H,8,17H2;1-2H3;/q-1;;. The molecule has 0 saturated carbocycles. The van der Waals surface area contributed by atoms with Crippen LogP contribution in [0.2, 0.25) is 0 Å².